The molecule has 0 spiro atoms. The van der Waals surface area contributed by atoms with Gasteiger partial charge in [-0.05, 0) is 36.9 Å². The van der Waals surface area contributed by atoms with E-state index >= 15 is 0 Å². The lowest BCUT2D eigenvalue weighted by atomic mass is 10.2. The highest BCUT2D eigenvalue weighted by Crippen LogP contribution is 2.17. The summed E-state index contributed by atoms with van der Waals surface area (Å²) in [5.74, 6) is 0.220. The van der Waals surface area contributed by atoms with Crippen LogP contribution in [0.4, 0.5) is 11.5 Å². The van der Waals surface area contributed by atoms with Gasteiger partial charge in [0.05, 0.1) is 18.2 Å². The van der Waals surface area contributed by atoms with Crippen molar-refractivity contribution in [2.24, 2.45) is 0 Å². The second-order valence-electron chi connectivity index (χ2n) is 6.36. The van der Waals surface area contributed by atoms with E-state index < -0.39 is 5.97 Å². The minimum Gasteiger partial charge on any atom is -0.465 e. The number of carbonyl (C=O) groups excluding carboxylic acids is 2. The Bertz CT molecular complexity index is 799. The number of aromatic nitrogens is 1. The van der Waals surface area contributed by atoms with Crippen LogP contribution in [0.2, 0.25) is 0 Å². The van der Waals surface area contributed by atoms with E-state index in [0.717, 1.165) is 38.4 Å². The summed E-state index contributed by atoms with van der Waals surface area (Å²) in [5, 5.41) is 3.13. The molecule has 1 amide bonds. The monoisotopic (exact) mass is 368 g/mol. The third kappa shape index (κ3) is 4.62. The number of carbonyl (C=O) groups is 2. The molecule has 1 aromatic heterocycles. The van der Waals surface area contributed by atoms with E-state index in [1.54, 1.807) is 36.5 Å². The number of esters is 1. The number of benzene rings is 1. The summed E-state index contributed by atoms with van der Waals surface area (Å²) in [5.41, 5.74) is 1.76. The Morgan fingerprint density at radius 2 is 1.89 bits per heavy atom. The van der Waals surface area contributed by atoms with Gasteiger partial charge in [0.2, 0.25) is 0 Å². The van der Waals surface area contributed by atoms with Crippen LogP contribution in [-0.4, -0.2) is 66.5 Å². The molecular weight excluding hydrogens is 344 g/mol. The normalized spacial score (nSPS) is 14.7. The molecule has 7 nitrogen and oxygen atoms in total. The maximum atomic E-state index is 12.6. The molecule has 1 aromatic carbocycles. The standard InChI is InChI=1S/C20H24N4O3/c1-3-23-9-11-24(12-10-23)19(25)16-7-8-18(21-14-16)22-17-6-4-5-15(13-17)20(26)27-2/h4-8,13-14H,3,9-12H2,1-2H3,(H,21,22). The van der Waals surface area contributed by atoms with Crippen molar-refractivity contribution in [3.63, 3.8) is 0 Å². The van der Waals surface area contributed by atoms with Crippen molar-refractivity contribution in [1.29, 1.82) is 0 Å². The zero-order valence-electron chi connectivity index (χ0n) is 15.6. The fourth-order valence-electron chi connectivity index (χ4n) is 3.03. The van der Waals surface area contributed by atoms with Gasteiger partial charge in [0.1, 0.15) is 5.82 Å². The first-order valence-corrected chi connectivity index (χ1v) is 9.04. The van der Waals surface area contributed by atoms with E-state index in [1.807, 2.05) is 11.0 Å². The van der Waals surface area contributed by atoms with Crippen LogP contribution in [0.3, 0.4) is 0 Å². The molecule has 2 heterocycles. The minimum atomic E-state index is -0.393. The summed E-state index contributed by atoms with van der Waals surface area (Å²) in [7, 11) is 1.35. The zero-order valence-corrected chi connectivity index (χ0v) is 15.6. The van der Waals surface area contributed by atoms with Crippen LogP contribution in [0, 0.1) is 0 Å². The first kappa shape index (κ1) is 18.8. The number of hydrogen-bond donors (Lipinski definition) is 1. The van der Waals surface area contributed by atoms with Gasteiger partial charge >= 0.3 is 5.97 Å². The van der Waals surface area contributed by atoms with Gasteiger partial charge in [-0.3, -0.25) is 4.79 Å². The quantitative estimate of drug-likeness (QED) is 0.817. The number of hydrogen-bond acceptors (Lipinski definition) is 6. The molecule has 0 radical (unpaired) electrons. The second-order valence-corrected chi connectivity index (χ2v) is 6.36. The molecule has 27 heavy (non-hydrogen) atoms. The van der Waals surface area contributed by atoms with E-state index in [0.29, 0.717) is 16.9 Å². The molecule has 142 valence electrons. The highest BCUT2D eigenvalue weighted by atomic mass is 16.5. The average Bonchev–Trinajstić information content (AvgIpc) is 2.73. The van der Waals surface area contributed by atoms with Crippen LogP contribution in [0.15, 0.2) is 42.6 Å². The highest BCUT2D eigenvalue weighted by Gasteiger charge is 2.21. The van der Waals surface area contributed by atoms with Crippen molar-refractivity contribution >= 4 is 23.4 Å². The SMILES string of the molecule is CCN1CCN(C(=O)c2ccc(Nc3cccc(C(=O)OC)c3)nc2)CC1. The average molecular weight is 368 g/mol. The molecule has 2 aromatic rings. The molecule has 0 bridgehead atoms. The van der Waals surface area contributed by atoms with Crippen LogP contribution in [0.1, 0.15) is 27.6 Å². The Hall–Kier alpha value is -2.93. The van der Waals surface area contributed by atoms with Crippen molar-refractivity contribution in [3.8, 4) is 0 Å². The third-order valence-electron chi connectivity index (χ3n) is 4.67. The fourth-order valence-corrected chi connectivity index (χ4v) is 3.03. The van der Waals surface area contributed by atoms with Crippen LogP contribution < -0.4 is 5.32 Å². The van der Waals surface area contributed by atoms with Gasteiger partial charge in [-0.25, -0.2) is 9.78 Å². The molecule has 1 aliphatic rings. The Morgan fingerprint density at radius 3 is 2.52 bits per heavy atom. The fraction of sp³-hybridized carbons (Fsp3) is 0.350. The predicted octanol–water partition coefficient (Wildman–Crippen LogP) is 2.39. The van der Waals surface area contributed by atoms with Gasteiger partial charge in [-0.1, -0.05) is 13.0 Å². The summed E-state index contributed by atoms with van der Waals surface area (Å²) < 4.78 is 4.73. The lowest BCUT2D eigenvalue weighted by Gasteiger charge is -2.34. The molecule has 7 heteroatoms. The maximum Gasteiger partial charge on any atom is 0.337 e. The smallest absolute Gasteiger partial charge is 0.337 e. The largest absolute Gasteiger partial charge is 0.465 e. The van der Waals surface area contributed by atoms with Crippen LogP contribution >= 0.6 is 0 Å². The second kappa shape index (κ2) is 8.64. The van der Waals surface area contributed by atoms with E-state index in [4.69, 9.17) is 4.74 Å². The highest BCUT2D eigenvalue weighted by molar-refractivity contribution is 5.94. The Balaban J connectivity index is 1.64. The third-order valence-corrected chi connectivity index (χ3v) is 4.67. The van der Waals surface area contributed by atoms with Crippen LogP contribution in [-0.2, 0) is 4.74 Å². The lowest BCUT2D eigenvalue weighted by molar-refractivity contribution is 0.0599. The number of nitrogens with zero attached hydrogens (tertiary/aromatic N) is 3. The van der Waals surface area contributed by atoms with E-state index in [-0.39, 0.29) is 5.91 Å². The first-order valence-electron chi connectivity index (χ1n) is 9.04. The molecule has 1 aliphatic heterocycles. The molecule has 3 rings (SSSR count). The van der Waals surface area contributed by atoms with Crippen molar-refractivity contribution in [2.75, 3.05) is 45.2 Å². The molecule has 1 N–H and O–H groups in total. The molecule has 1 saturated heterocycles. The molecular formula is C20H24N4O3. The number of piperazine rings is 1. The maximum absolute atomic E-state index is 12.6. The van der Waals surface area contributed by atoms with Gasteiger partial charge < -0.3 is 19.9 Å². The Morgan fingerprint density at radius 1 is 1.11 bits per heavy atom. The Labute approximate surface area is 158 Å². The summed E-state index contributed by atoms with van der Waals surface area (Å²) in [6.45, 7) is 6.45. The summed E-state index contributed by atoms with van der Waals surface area (Å²) in [6, 6.07) is 10.5. The first-order chi connectivity index (χ1) is 13.1. The summed E-state index contributed by atoms with van der Waals surface area (Å²) in [6.07, 6.45) is 1.58. The molecule has 0 unspecified atom stereocenters. The number of methoxy groups -OCH3 is 1. The van der Waals surface area contributed by atoms with Gasteiger partial charge in [0.25, 0.3) is 5.91 Å². The summed E-state index contributed by atoms with van der Waals surface area (Å²) >= 11 is 0. The topological polar surface area (TPSA) is 74.8 Å². The van der Waals surface area contributed by atoms with Crippen molar-refractivity contribution < 1.29 is 14.3 Å². The van der Waals surface area contributed by atoms with Gasteiger partial charge in [0, 0.05) is 38.1 Å². The molecule has 0 aliphatic carbocycles. The van der Waals surface area contributed by atoms with Crippen LogP contribution in [0.5, 0.6) is 0 Å². The number of rotatable bonds is 5. The van der Waals surface area contributed by atoms with Crippen molar-refractivity contribution in [3.05, 3.63) is 53.7 Å². The predicted molar refractivity (Wildman–Crippen MR) is 103 cm³/mol. The van der Waals surface area contributed by atoms with E-state index in [2.05, 4.69) is 22.1 Å². The lowest BCUT2D eigenvalue weighted by Crippen LogP contribution is -2.48. The van der Waals surface area contributed by atoms with Gasteiger partial charge in [0.15, 0.2) is 0 Å². The molecule has 0 saturated carbocycles. The number of likely N-dealkylation sites (N-methyl/N-ethyl adjacent to an activating group) is 1. The van der Waals surface area contributed by atoms with E-state index in [1.165, 1.54) is 7.11 Å². The number of pyridine rings is 1. The van der Waals surface area contributed by atoms with Crippen LogP contribution in [0.25, 0.3) is 0 Å². The van der Waals surface area contributed by atoms with Crippen molar-refractivity contribution in [1.82, 2.24) is 14.8 Å². The Kier molecular flexibility index (Phi) is 6.03. The molecule has 1 fully saturated rings. The molecule has 0 atom stereocenters. The number of anilines is 2. The van der Waals surface area contributed by atoms with Gasteiger partial charge in [-0.2, -0.15) is 0 Å². The van der Waals surface area contributed by atoms with Crippen molar-refractivity contribution in [2.45, 2.75) is 6.92 Å². The van der Waals surface area contributed by atoms with Gasteiger partial charge in [-0.15, -0.1) is 0 Å². The number of nitrogens with one attached hydrogen (secondary N) is 1. The van der Waals surface area contributed by atoms with E-state index in [9.17, 15) is 9.59 Å². The minimum absolute atomic E-state index is 0.0116. The zero-order chi connectivity index (χ0) is 19.2. The summed E-state index contributed by atoms with van der Waals surface area (Å²) in [4.78, 5) is 32.8. The number of amides is 1. The number of ether oxygens (including phenoxy) is 1.